The molecular weight excluding hydrogens is 599 g/mol. The van der Waals surface area contributed by atoms with Crippen LogP contribution in [-0.4, -0.2) is 0 Å². The summed E-state index contributed by atoms with van der Waals surface area (Å²) >= 11 is 1.89. The average molecular weight is 628 g/mol. The van der Waals surface area contributed by atoms with Crippen molar-refractivity contribution in [3.8, 4) is 11.1 Å². The SMILES string of the molecule is c1ccc(N(c2ccc(-c3ccc4c(ccc5ccc6ccccc6c54)c3)cc2)c2ccc3ccc4c5ccccc5sc4c3c2)cc1. The Morgan fingerprint density at radius 3 is 1.79 bits per heavy atom. The lowest BCUT2D eigenvalue weighted by Crippen LogP contribution is -2.09. The van der Waals surface area contributed by atoms with Gasteiger partial charge in [0, 0.05) is 42.6 Å². The average Bonchev–Trinajstić information content (AvgIpc) is 3.54. The Hall–Kier alpha value is -5.96. The summed E-state index contributed by atoms with van der Waals surface area (Å²) in [7, 11) is 0. The van der Waals surface area contributed by atoms with E-state index in [0.717, 1.165) is 17.1 Å². The van der Waals surface area contributed by atoms with Crippen LogP contribution >= 0.6 is 11.3 Å². The van der Waals surface area contributed by atoms with Gasteiger partial charge in [0.25, 0.3) is 0 Å². The zero-order valence-electron chi connectivity index (χ0n) is 26.1. The Labute approximate surface area is 282 Å². The molecule has 0 atom stereocenters. The van der Waals surface area contributed by atoms with Gasteiger partial charge < -0.3 is 4.90 Å². The van der Waals surface area contributed by atoms with E-state index in [0.29, 0.717) is 0 Å². The third kappa shape index (κ3) is 4.31. The van der Waals surface area contributed by atoms with Gasteiger partial charge in [-0.05, 0) is 97.4 Å². The number of rotatable bonds is 4. The van der Waals surface area contributed by atoms with E-state index in [9.17, 15) is 0 Å². The number of hydrogen-bond acceptors (Lipinski definition) is 2. The molecule has 1 nitrogen and oxygen atoms in total. The molecule has 0 spiro atoms. The van der Waals surface area contributed by atoms with Gasteiger partial charge in [-0.3, -0.25) is 0 Å². The first-order valence-corrected chi connectivity index (χ1v) is 17.2. The molecule has 0 bridgehead atoms. The molecule has 9 aromatic carbocycles. The van der Waals surface area contributed by atoms with E-state index in [2.05, 4.69) is 181 Å². The largest absolute Gasteiger partial charge is 0.310 e. The van der Waals surface area contributed by atoms with Crippen LogP contribution in [0.4, 0.5) is 17.1 Å². The van der Waals surface area contributed by atoms with Crippen LogP contribution in [0.25, 0.3) is 74.4 Å². The third-order valence-corrected chi connectivity index (χ3v) is 11.0. The van der Waals surface area contributed by atoms with Crippen LogP contribution in [0.2, 0.25) is 0 Å². The molecule has 0 aliphatic carbocycles. The second-order valence-electron chi connectivity index (χ2n) is 12.6. The van der Waals surface area contributed by atoms with Crippen molar-refractivity contribution in [2.75, 3.05) is 4.90 Å². The summed E-state index contributed by atoms with van der Waals surface area (Å²) in [4.78, 5) is 2.37. The summed E-state index contributed by atoms with van der Waals surface area (Å²) < 4.78 is 2.67. The molecule has 1 heterocycles. The van der Waals surface area contributed by atoms with E-state index in [1.807, 2.05) is 11.3 Å². The van der Waals surface area contributed by atoms with Crippen LogP contribution in [0.3, 0.4) is 0 Å². The molecule has 1 aromatic heterocycles. The summed E-state index contributed by atoms with van der Waals surface area (Å²) in [6.45, 7) is 0. The van der Waals surface area contributed by atoms with Crippen LogP contribution in [-0.2, 0) is 0 Å². The third-order valence-electron chi connectivity index (χ3n) is 9.80. The number of hydrogen-bond donors (Lipinski definition) is 0. The van der Waals surface area contributed by atoms with Gasteiger partial charge in [-0.25, -0.2) is 0 Å². The number of para-hydroxylation sites is 1. The molecular formula is C46H29NS. The fourth-order valence-corrected chi connectivity index (χ4v) is 8.70. The van der Waals surface area contributed by atoms with Gasteiger partial charge in [0.2, 0.25) is 0 Å². The number of nitrogens with zero attached hydrogens (tertiary/aromatic N) is 1. The molecule has 0 N–H and O–H groups in total. The van der Waals surface area contributed by atoms with Crippen LogP contribution in [0.15, 0.2) is 176 Å². The Bertz CT molecular complexity index is 2830. The first-order chi connectivity index (χ1) is 23.8. The summed E-state index contributed by atoms with van der Waals surface area (Å²) in [5, 5.41) is 13.0. The van der Waals surface area contributed by atoms with E-state index in [-0.39, 0.29) is 0 Å². The highest BCUT2D eigenvalue weighted by atomic mass is 32.1. The van der Waals surface area contributed by atoms with Crippen molar-refractivity contribution in [2.45, 2.75) is 0 Å². The highest BCUT2D eigenvalue weighted by molar-refractivity contribution is 7.26. The minimum atomic E-state index is 1.13. The second kappa shape index (κ2) is 10.8. The van der Waals surface area contributed by atoms with E-state index < -0.39 is 0 Å². The first kappa shape index (κ1) is 27.2. The van der Waals surface area contributed by atoms with Gasteiger partial charge in [-0.1, -0.05) is 127 Å². The van der Waals surface area contributed by atoms with Gasteiger partial charge >= 0.3 is 0 Å². The zero-order chi connectivity index (χ0) is 31.6. The molecule has 10 aromatic rings. The molecule has 0 unspecified atom stereocenters. The number of fused-ring (bicyclic) bond motifs is 10. The van der Waals surface area contributed by atoms with E-state index in [1.165, 1.54) is 74.4 Å². The quantitative estimate of drug-likeness (QED) is 0.176. The van der Waals surface area contributed by atoms with Crippen LogP contribution in [0.5, 0.6) is 0 Å². The maximum Gasteiger partial charge on any atom is 0.0468 e. The standard InChI is InChI=1S/C46H29NS/c1-2-9-36(10-3-1)47(38-25-20-32-21-27-42-41-12-6-7-13-44(41)48-46(42)43(32)29-38)37-23-18-30(19-24-37)34-22-26-40-35(28-34)17-16-33-15-14-31-8-4-5-11-39(31)45(33)40/h1-29H. The molecule has 0 amide bonds. The highest BCUT2D eigenvalue weighted by Gasteiger charge is 2.16. The summed E-state index contributed by atoms with van der Waals surface area (Å²) in [6, 6.07) is 64.4. The van der Waals surface area contributed by atoms with Crippen molar-refractivity contribution >= 4 is 91.7 Å². The fraction of sp³-hybridized carbons (Fsp3) is 0. The lowest BCUT2D eigenvalue weighted by molar-refractivity contribution is 1.29. The van der Waals surface area contributed by atoms with Crippen LogP contribution in [0, 0.1) is 0 Å². The summed E-state index contributed by atoms with van der Waals surface area (Å²) in [5.74, 6) is 0. The predicted molar refractivity (Wildman–Crippen MR) is 209 cm³/mol. The van der Waals surface area contributed by atoms with Crippen molar-refractivity contribution in [1.82, 2.24) is 0 Å². The van der Waals surface area contributed by atoms with Crippen LogP contribution in [0.1, 0.15) is 0 Å². The molecule has 48 heavy (non-hydrogen) atoms. The van der Waals surface area contributed by atoms with Crippen molar-refractivity contribution in [3.05, 3.63) is 176 Å². The molecule has 10 rings (SSSR count). The van der Waals surface area contributed by atoms with Crippen molar-refractivity contribution in [1.29, 1.82) is 0 Å². The van der Waals surface area contributed by atoms with E-state index >= 15 is 0 Å². The second-order valence-corrected chi connectivity index (χ2v) is 13.6. The topological polar surface area (TPSA) is 3.24 Å². The predicted octanol–water partition coefficient (Wildman–Crippen LogP) is 13.8. The summed E-state index contributed by atoms with van der Waals surface area (Å²) in [6.07, 6.45) is 0. The monoisotopic (exact) mass is 627 g/mol. The van der Waals surface area contributed by atoms with Gasteiger partial charge in [0.15, 0.2) is 0 Å². The molecule has 0 aliphatic rings. The minimum Gasteiger partial charge on any atom is -0.310 e. The zero-order valence-corrected chi connectivity index (χ0v) is 26.9. The molecule has 0 saturated carbocycles. The minimum absolute atomic E-state index is 1.13. The van der Waals surface area contributed by atoms with Crippen molar-refractivity contribution in [3.63, 3.8) is 0 Å². The van der Waals surface area contributed by atoms with Crippen molar-refractivity contribution in [2.24, 2.45) is 0 Å². The highest BCUT2D eigenvalue weighted by Crippen LogP contribution is 2.42. The maximum atomic E-state index is 2.37. The van der Waals surface area contributed by atoms with Gasteiger partial charge in [0.1, 0.15) is 0 Å². The normalized spacial score (nSPS) is 11.8. The molecule has 0 saturated heterocycles. The van der Waals surface area contributed by atoms with E-state index in [1.54, 1.807) is 0 Å². The Morgan fingerprint density at radius 1 is 0.333 bits per heavy atom. The van der Waals surface area contributed by atoms with E-state index in [4.69, 9.17) is 0 Å². The lowest BCUT2D eigenvalue weighted by Gasteiger charge is -2.26. The fourth-order valence-electron chi connectivity index (χ4n) is 7.47. The lowest BCUT2D eigenvalue weighted by atomic mass is 9.94. The maximum absolute atomic E-state index is 2.37. The molecule has 0 fully saturated rings. The Balaban J connectivity index is 1.08. The molecule has 224 valence electrons. The Morgan fingerprint density at radius 2 is 0.917 bits per heavy atom. The summed E-state index contributed by atoms with van der Waals surface area (Å²) in [5.41, 5.74) is 5.84. The molecule has 0 aliphatic heterocycles. The van der Waals surface area contributed by atoms with Crippen LogP contribution < -0.4 is 4.90 Å². The molecule has 0 radical (unpaired) electrons. The Kier molecular flexibility index (Phi) is 6.12. The van der Waals surface area contributed by atoms with Gasteiger partial charge in [-0.15, -0.1) is 11.3 Å². The number of anilines is 3. The number of benzene rings is 9. The van der Waals surface area contributed by atoms with Gasteiger partial charge in [0.05, 0.1) is 0 Å². The number of thiophene rings is 1. The molecule has 2 heteroatoms. The first-order valence-electron chi connectivity index (χ1n) is 16.4. The van der Waals surface area contributed by atoms with Crippen molar-refractivity contribution < 1.29 is 0 Å². The smallest absolute Gasteiger partial charge is 0.0468 e. The van der Waals surface area contributed by atoms with Gasteiger partial charge in [-0.2, -0.15) is 0 Å².